The van der Waals surface area contributed by atoms with Crippen molar-refractivity contribution in [2.45, 2.75) is 11.8 Å². The van der Waals surface area contributed by atoms with Gasteiger partial charge in [-0.15, -0.1) is 0 Å². The molecule has 2 aromatic rings. The molecule has 12 heteroatoms. The van der Waals surface area contributed by atoms with Crippen LogP contribution in [0.25, 0.3) is 0 Å². The lowest BCUT2D eigenvalue weighted by Crippen LogP contribution is -2.40. The fraction of sp³-hybridized carbons (Fsp3) is 0.214. The average molecular weight is 391 g/mol. The molecule has 0 aliphatic heterocycles. The first-order valence-electron chi connectivity index (χ1n) is 6.86. The van der Waals surface area contributed by atoms with Crippen molar-refractivity contribution in [1.29, 1.82) is 0 Å². The van der Waals surface area contributed by atoms with E-state index in [2.05, 4.69) is 0 Å². The van der Waals surface area contributed by atoms with Crippen LogP contribution >= 0.6 is 0 Å². The number of nitrogens with zero attached hydrogens (tertiary/aromatic N) is 2. The minimum atomic E-state index is -4.88. The molecular weight excluding hydrogens is 379 g/mol. The molecule has 0 aliphatic carbocycles. The van der Waals surface area contributed by atoms with E-state index in [9.17, 15) is 36.0 Å². The largest absolute Gasteiger partial charge is 0.330 e. The minimum absolute atomic E-state index is 0.331. The molecule has 0 unspecified atom stereocenters. The van der Waals surface area contributed by atoms with Gasteiger partial charge < -0.3 is 4.57 Å². The number of carbonyl (C=O) groups excluding carboxylic acids is 1. The molecule has 1 aromatic heterocycles. The Kier molecular flexibility index (Phi) is 4.82. The number of carbonyl (C=O) groups is 1. The van der Waals surface area contributed by atoms with Gasteiger partial charge in [0.15, 0.2) is 28.1 Å². The summed E-state index contributed by atoms with van der Waals surface area (Å²) in [5.74, 6) is -6.22. The molecule has 0 radical (unpaired) electrons. The van der Waals surface area contributed by atoms with Crippen LogP contribution in [-0.2, 0) is 24.1 Å². The van der Waals surface area contributed by atoms with Gasteiger partial charge in [0.25, 0.3) is 15.6 Å². The number of halogens is 3. The van der Waals surface area contributed by atoms with Crippen LogP contribution in [0.15, 0.2) is 26.7 Å². The van der Waals surface area contributed by atoms with Crippen molar-refractivity contribution in [2.75, 3.05) is 4.72 Å². The molecule has 0 fully saturated rings. The number of Topliss-reactive ketones (excluding diaryl/α,β-unsaturated/α-hetero) is 1. The fourth-order valence-electron chi connectivity index (χ4n) is 2.09. The lowest BCUT2D eigenvalue weighted by Gasteiger charge is -2.12. The molecule has 1 heterocycles. The van der Waals surface area contributed by atoms with E-state index in [0.717, 1.165) is 25.6 Å². The number of hydrogen-bond donors (Lipinski definition) is 1. The second-order valence-corrected chi connectivity index (χ2v) is 6.97. The molecule has 0 saturated heterocycles. The summed E-state index contributed by atoms with van der Waals surface area (Å²) in [6.07, 6.45) is 0.656. The molecule has 8 nitrogen and oxygen atoms in total. The molecule has 0 atom stereocenters. The van der Waals surface area contributed by atoms with Gasteiger partial charge in [-0.2, -0.15) is 0 Å². The number of benzene rings is 1. The van der Waals surface area contributed by atoms with Crippen LogP contribution < -0.4 is 16.0 Å². The summed E-state index contributed by atoms with van der Waals surface area (Å²) in [7, 11) is -2.71. The van der Waals surface area contributed by atoms with Gasteiger partial charge in [-0.1, -0.05) is 0 Å². The van der Waals surface area contributed by atoms with Crippen molar-refractivity contribution >= 4 is 21.5 Å². The highest BCUT2D eigenvalue weighted by atomic mass is 32.2. The van der Waals surface area contributed by atoms with Crippen LogP contribution in [0.4, 0.5) is 18.9 Å². The third kappa shape index (κ3) is 3.14. The van der Waals surface area contributed by atoms with Crippen molar-refractivity contribution in [3.8, 4) is 0 Å². The maximum atomic E-state index is 14.0. The van der Waals surface area contributed by atoms with E-state index in [-0.39, 0.29) is 0 Å². The standard InChI is InChI=1S/C14H12F3N3O5S/c1-6(21)7-4-8(15)12(11(17)10(7)16)18-26(24,25)9-5-19(2)14(23)20(3)13(9)22/h4-5,18H,1-3H3. The molecule has 140 valence electrons. The topological polar surface area (TPSA) is 107 Å². The molecule has 1 N–H and O–H groups in total. The summed E-state index contributed by atoms with van der Waals surface area (Å²) < 4.78 is 69.1. The van der Waals surface area contributed by atoms with Crippen LogP contribution in [0.5, 0.6) is 0 Å². The number of sulfonamides is 1. The molecular formula is C14H12F3N3O5S. The maximum Gasteiger partial charge on any atom is 0.330 e. The van der Waals surface area contributed by atoms with E-state index < -0.39 is 60.7 Å². The van der Waals surface area contributed by atoms with Crippen LogP contribution in [0.1, 0.15) is 17.3 Å². The summed E-state index contributed by atoms with van der Waals surface area (Å²) in [6, 6.07) is 0.331. The van der Waals surface area contributed by atoms with Gasteiger partial charge in [-0.25, -0.2) is 26.4 Å². The van der Waals surface area contributed by atoms with Gasteiger partial charge in [-0.3, -0.25) is 18.9 Å². The van der Waals surface area contributed by atoms with E-state index in [0.29, 0.717) is 16.8 Å². The van der Waals surface area contributed by atoms with E-state index in [1.165, 1.54) is 4.72 Å². The van der Waals surface area contributed by atoms with Gasteiger partial charge in [0.1, 0.15) is 5.69 Å². The number of rotatable bonds is 4. The van der Waals surface area contributed by atoms with Crippen molar-refractivity contribution in [2.24, 2.45) is 14.1 Å². The molecule has 26 heavy (non-hydrogen) atoms. The summed E-state index contributed by atoms with van der Waals surface area (Å²) in [5, 5.41) is 0. The second-order valence-electron chi connectivity index (χ2n) is 5.32. The lowest BCUT2D eigenvalue weighted by atomic mass is 10.1. The zero-order valence-corrected chi connectivity index (χ0v) is 14.4. The molecule has 0 saturated carbocycles. The normalized spacial score (nSPS) is 11.5. The summed E-state index contributed by atoms with van der Waals surface area (Å²) >= 11 is 0. The monoisotopic (exact) mass is 391 g/mol. The zero-order valence-electron chi connectivity index (χ0n) is 13.6. The zero-order chi connectivity index (χ0) is 20.0. The molecule has 0 spiro atoms. The minimum Gasteiger partial charge on any atom is -0.302 e. The average Bonchev–Trinajstić information content (AvgIpc) is 2.55. The summed E-state index contributed by atoms with van der Waals surface area (Å²) in [4.78, 5) is 33.7. The first-order valence-corrected chi connectivity index (χ1v) is 8.34. The maximum absolute atomic E-state index is 14.0. The molecule has 0 aliphatic rings. The van der Waals surface area contributed by atoms with Crippen molar-refractivity contribution < 1.29 is 26.4 Å². The van der Waals surface area contributed by atoms with Gasteiger partial charge in [0, 0.05) is 20.3 Å². The van der Waals surface area contributed by atoms with Gasteiger partial charge in [0.2, 0.25) is 0 Å². The highest BCUT2D eigenvalue weighted by Crippen LogP contribution is 2.26. The predicted molar refractivity (Wildman–Crippen MR) is 84.1 cm³/mol. The highest BCUT2D eigenvalue weighted by Gasteiger charge is 2.27. The first kappa shape index (κ1) is 19.4. The van der Waals surface area contributed by atoms with Crippen LogP contribution in [-0.4, -0.2) is 23.3 Å². The Bertz CT molecular complexity index is 1150. The van der Waals surface area contributed by atoms with Crippen LogP contribution in [0.2, 0.25) is 0 Å². The Balaban J connectivity index is 2.66. The number of aromatic nitrogens is 2. The smallest absolute Gasteiger partial charge is 0.302 e. The van der Waals surface area contributed by atoms with Crippen molar-refractivity contribution in [3.05, 3.63) is 56.1 Å². The SMILES string of the molecule is CC(=O)c1cc(F)c(NS(=O)(=O)c2cn(C)c(=O)n(C)c2=O)c(F)c1F. The molecule has 0 bridgehead atoms. The van der Waals surface area contributed by atoms with Crippen molar-refractivity contribution in [1.82, 2.24) is 9.13 Å². The molecule has 1 aromatic carbocycles. The highest BCUT2D eigenvalue weighted by molar-refractivity contribution is 7.92. The van der Waals surface area contributed by atoms with E-state index in [4.69, 9.17) is 0 Å². The van der Waals surface area contributed by atoms with E-state index in [1.807, 2.05) is 0 Å². The Hall–Kier alpha value is -2.89. The quantitative estimate of drug-likeness (QED) is 0.604. The Morgan fingerprint density at radius 1 is 1.12 bits per heavy atom. The number of ketones is 1. The third-order valence-corrected chi connectivity index (χ3v) is 4.81. The summed E-state index contributed by atoms with van der Waals surface area (Å²) in [5.41, 5.74) is -4.38. The molecule has 0 amide bonds. The van der Waals surface area contributed by atoms with Crippen LogP contribution in [0, 0.1) is 17.5 Å². The predicted octanol–water partition coefficient (Wildman–Crippen LogP) is 0.505. The number of aryl methyl sites for hydroxylation is 1. The Morgan fingerprint density at radius 3 is 2.23 bits per heavy atom. The van der Waals surface area contributed by atoms with E-state index >= 15 is 0 Å². The second kappa shape index (κ2) is 6.44. The summed E-state index contributed by atoms with van der Waals surface area (Å²) in [6.45, 7) is 0.870. The lowest BCUT2D eigenvalue weighted by molar-refractivity contribution is 0.101. The first-order chi connectivity index (χ1) is 11.9. The van der Waals surface area contributed by atoms with E-state index in [1.54, 1.807) is 0 Å². The number of hydrogen-bond acceptors (Lipinski definition) is 5. The molecule has 2 rings (SSSR count). The van der Waals surface area contributed by atoms with Gasteiger partial charge in [0.05, 0.1) is 5.56 Å². The Labute approximate surface area is 144 Å². The van der Waals surface area contributed by atoms with Gasteiger partial charge in [-0.05, 0) is 13.0 Å². The fourth-order valence-corrected chi connectivity index (χ4v) is 3.32. The van der Waals surface area contributed by atoms with Gasteiger partial charge >= 0.3 is 5.69 Å². The third-order valence-electron chi connectivity index (χ3n) is 3.48. The number of nitrogens with one attached hydrogen (secondary N) is 1. The number of anilines is 1. The van der Waals surface area contributed by atoms with Crippen molar-refractivity contribution in [3.63, 3.8) is 0 Å². The Morgan fingerprint density at radius 2 is 1.69 bits per heavy atom. The van der Waals surface area contributed by atoms with Crippen LogP contribution in [0.3, 0.4) is 0 Å².